The summed E-state index contributed by atoms with van der Waals surface area (Å²) in [6.45, 7) is 0.231. The third-order valence-electron chi connectivity index (χ3n) is 2.43. The molecule has 0 saturated carbocycles. The normalized spacial score (nSPS) is 10.1. The van der Waals surface area contributed by atoms with E-state index < -0.39 is 5.82 Å². The zero-order valence-electron chi connectivity index (χ0n) is 9.74. The number of para-hydroxylation sites is 1. The monoisotopic (exact) mass is 249 g/mol. The fourth-order valence-corrected chi connectivity index (χ4v) is 1.56. The third kappa shape index (κ3) is 2.48. The van der Waals surface area contributed by atoms with E-state index in [9.17, 15) is 9.18 Å². The lowest BCUT2D eigenvalue weighted by molar-refractivity contribution is 0.0950. The average Bonchev–Trinajstić information content (AvgIpc) is 2.88. The van der Waals surface area contributed by atoms with E-state index >= 15 is 0 Å². The Kier molecular flexibility index (Phi) is 3.57. The summed E-state index contributed by atoms with van der Waals surface area (Å²) in [6, 6.07) is 5.97. The van der Waals surface area contributed by atoms with E-state index in [-0.39, 0.29) is 23.7 Å². The predicted octanol–water partition coefficient (Wildman–Crippen LogP) is 1.79. The molecule has 0 aliphatic carbocycles. The van der Waals surface area contributed by atoms with Gasteiger partial charge in [0.05, 0.1) is 17.8 Å². The van der Waals surface area contributed by atoms with E-state index in [4.69, 9.17) is 0 Å². The molecule has 0 unspecified atom stereocenters. The summed E-state index contributed by atoms with van der Waals surface area (Å²) >= 11 is 0. The molecule has 18 heavy (non-hydrogen) atoms. The number of nitrogens with one attached hydrogen (secondary N) is 2. The molecule has 0 saturated heterocycles. The Bertz CT molecular complexity index is 540. The second-order valence-electron chi connectivity index (χ2n) is 3.59. The fourth-order valence-electron chi connectivity index (χ4n) is 1.56. The lowest BCUT2D eigenvalue weighted by Crippen LogP contribution is -2.24. The van der Waals surface area contributed by atoms with Crippen molar-refractivity contribution >= 4 is 11.6 Å². The molecule has 1 amide bonds. The number of halogens is 1. The van der Waals surface area contributed by atoms with Gasteiger partial charge >= 0.3 is 0 Å². The third-order valence-corrected chi connectivity index (χ3v) is 2.43. The molecule has 2 N–H and O–H groups in total. The molecule has 6 heteroatoms. The number of hydrogen-bond acceptors (Lipinski definition) is 4. The summed E-state index contributed by atoms with van der Waals surface area (Å²) in [5.74, 6) is -0.839. The molecule has 0 aliphatic rings. The largest absolute Gasteiger partial charge is 0.385 e. The summed E-state index contributed by atoms with van der Waals surface area (Å²) < 4.78 is 18.1. The quantitative estimate of drug-likeness (QED) is 0.866. The van der Waals surface area contributed by atoms with Crippen LogP contribution in [0, 0.1) is 5.82 Å². The van der Waals surface area contributed by atoms with Gasteiger partial charge in [-0.3, -0.25) is 4.79 Å². The fraction of sp³-hybridized carbons (Fsp3) is 0.167. The second kappa shape index (κ2) is 5.31. The molecule has 2 rings (SSSR count). The number of hydrogen-bond donors (Lipinski definition) is 2. The summed E-state index contributed by atoms with van der Waals surface area (Å²) in [5.41, 5.74) is 1.03. The van der Waals surface area contributed by atoms with E-state index in [0.29, 0.717) is 5.69 Å². The summed E-state index contributed by atoms with van der Waals surface area (Å²) in [7, 11) is 1.56. The molecule has 1 aromatic carbocycles. The van der Waals surface area contributed by atoms with Gasteiger partial charge in [-0.2, -0.15) is 0 Å². The molecule has 5 nitrogen and oxygen atoms in total. The molecule has 0 radical (unpaired) electrons. The Hall–Kier alpha value is -2.37. The lowest BCUT2D eigenvalue weighted by Gasteiger charge is -2.09. The van der Waals surface area contributed by atoms with Crippen LogP contribution in [0.2, 0.25) is 0 Å². The minimum Gasteiger partial charge on any atom is -0.385 e. The lowest BCUT2D eigenvalue weighted by atomic mass is 10.1. The molecule has 0 bridgehead atoms. The van der Waals surface area contributed by atoms with Gasteiger partial charge in [-0.25, -0.2) is 4.39 Å². The smallest absolute Gasteiger partial charge is 0.253 e. The van der Waals surface area contributed by atoms with Crippen LogP contribution >= 0.6 is 0 Å². The molecule has 0 atom stereocenters. The van der Waals surface area contributed by atoms with Crippen LogP contribution in [-0.4, -0.2) is 18.1 Å². The van der Waals surface area contributed by atoms with Gasteiger partial charge in [0, 0.05) is 13.1 Å². The molecular weight excluding hydrogens is 237 g/mol. The topological polar surface area (TPSA) is 67.2 Å². The van der Waals surface area contributed by atoms with Crippen LogP contribution in [0.4, 0.5) is 10.1 Å². The highest BCUT2D eigenvalue weighted by atomic mass is 19.1. The maximum atomic E-state index is 13.5. The van der Waals surface area contributed by atoms with Crippen molar-refractivity contribution in [2.24, 2.45) is 0 Å². The number of carbonyl (C=O) groups excluding carboxylic acids is 1. The Morgan fingerprint density at radius 1 is 1.44 bits per heavy atom. The molecule has 1 heterocycles. The Morgan fingerprint density at radius 2 is 2.28 bits per heavy atom. The van der Waals surface area contributed by atoms with Crippen LogP contribution in [0.1, 0.15) is 16.1 Å². The number of carbonyl (C=O) groups is 1. The first-order chi connectivity index (χ1) is 8.72. The van der Waals surface area contributed by atoms with Crippen LogP contribution in [0.25, 0.3) is 0 Å². The van der Waals surface area contributed by atoms with Crippen LogP contribution in [0.15, 0.2) is 35.1 Å². The Balaban J connectivity index is 2.11. The highest BCUT2D eigenvalue weighted by molar-refractivity contribution is 5.99. The van der Waals surface area contributed by atoms with E-state index in [0.717, 1.165) is 0 Å². The van der Waals surface area contributed by atoms with Crippen molar-refractivity contribution in [2.45, 2.75) is 6.54 Å². The maximum Gasteiger partial charge on any atom is 0.253 e. The van der Waals surface area contributed by atoms with Gasteiger partial charge < -0.3 is 15.2 Å². The molecule has 1 aromatic heterocycles. The van der Waals surface area contributed by atoms with Crippen LogP contribution in [-0.2, 0) is 6.54 Å². The van der Waals surface area contributed by atoms with E-state index in [1.165, 1.54) is 18.4 Å². The van der Waals surface area contributed by atoms with Gasteiger partial charge in [-0.05, 0) is 12.1 Å². The summed E-state index contributed by atoms with van der Waals surface area (Å²) in [5, 5.41) is 8.97. The highest BCUT2D eigenvalue weighted by Gasteiger charge is 2.13. The first-order valence-corrected chi connectivity index (χ1v) is 5.36. The molecular formula is C12H12FN3O2. The van der Waals surface area contributed by atoms with Gasteiger partial charge in [-0.15, -0.1) is 0 Å². The van der Waals surface area contributed by atoms with E-state index in [2.05, 4.69) is 20.3 Å². The van der Waals surface area contributed by atoms with Gasteiger partial charge in [0.25, 0.3) is 5.91 Å². The minimum atomic E-state index is -0.466. The minimum absolute atomic E-state index is 0.176. The molecule has 94 valence electrons. The zero-order valence-corrected chi connectivity index (χ0v) is 9.74. The van der Waals surface area contributed by atoms with Crippen molar-refractivity contribution in [1.82, 2.24) is 10.5 Å². The Labute approximate surface area is 103 Å². The number of amides is 1. The van der Waals surface area contributed by atoms with Crippen LogP contribution in [0.3, 0.4) is 0 Å². The first kappa shape index (κ1) is 12.1. The van der Waals surface area contributed by atoms with Crippen molar-refractivity contribution in [3.8, 4) is 0 Å². The van der Waals surface area contributed by atoms with Gasteiger partial charge in [0.15, 0.2) is 0 Å². The molecule has 0 aliphatic heterocycles. The van der Waals surface area contributed by atoms with Crippen molar-refractivity contribution in [3.05, 3.63) is 47.6 Å². The van der Waals surface area contributed by atoms with Crippen molar-refractivity contribution in [3.63, 3.8) is 0 Å². The molecule has 0 fully saturated rings. The Morgan fingerprint density at radius 3 is 2.94 bits per heavy atom. The summed E-state index contributed by atoms with van der Waals surface area (Å²) in [4.78, 5) is 11.9. The van der Waals surface area contributed by atoms with Crippen LogP contribution < -0.4 is 10.6 Å². The van der Waals surface area contributed by atoms with Gasteiger partial charge in [0.2, 0.25) is 0 Å². The van der Waals surface area contributed by atoms with Crippen molar-refractivity contribution in [2.75, 3.05) is 12.4 Å². The number of anilines is 1. The zero-order chi connectivity index (χ0) is 13.0. The highest BCUT2D eigenvalue weighted by Crippen LogP contribution is 2.18. The van der Waals surface area contributed by atoms with Gasteiger partial charge in [-0.1, -0.05) is 11.2 Å². The first-order valence-electron chi connectivity index (χ1n) is 5.36. The van der Waals surface area contributed by atoms with Crippen molar-refractivity contribution < 1.29 is 13.7 Å². The maximum absolute atomic E-state index is 13.5. The predicted molar refractivity (Wildman–Crippen MR) is 63.6 cm³/mol. The number of rotatable bonds is 4. The number of benzene rings is 1. The van der Waals surface area contributed by atoms with Crippen molar-refractivity contribution in [1.29, 1.82) is 0 Å². The number of nitrogens with zero attached hydrogens (tertiary/aromatic N) is 1. The molecule has 0 spiro atoms. The van der Waals surface area contributed by atoms with Gasteiger partial charge in [0.1, 0.15) is 17.8 Å². The SMILES string of the molecule is CNc1c(F)cccc1C(=O)NCc1ccon1. The van der Waals surface area contributed by atoms with E-state index in [1.807, 2.05) is 0 Å². The second-order valence-corrected chi connectivity index (χ2v) is 3.59. The molecule has 2 aromatic rings. The van der Waals surface area contributed by atoms with E-state index in [1.54, 1.807) is 19.2 Å². The average molecular weight is 249 g/mol. The number of aromatic nitrogens is 1. The van der Waals surface area contributed by atoms with Crippen LogP contribution in [0.5, 0.6) is 0 Å². The standard InChI is InChI=1S/C12H12FN3O2/c1-14-11-9(3-2-4-10(11)13)12(17)15-7-8-5-6-18-16-8/h2-6,14H,7H2,1H3,(H,15,17). The summed E-state index contributed by atoms with van der Waals surface area (Å²) in [6.07, 6.45) is 1.42.